The summed E-state index contributed by atoms with van der Waals surface area (Å²) in [5, 5.41) is 2.67. The van der Waals surface area contributed by atoms with Gasteiger partial charge in [0.25, 0.3) is 5.91 Å². The smallest absolute Gasteiger partial charge is 0.348 e. The highest BCUT2D eigenvalue weighted by Crippen LogP contribution is 2.32. The van der Waals surface area contributed by atoms with E-state index >= 15 is 0 Å². The number of hydrogen-bond acceptors (Lipinski definition) is 2. The number of carbonyl (C=O) groups excluding carboxylic acids is 1. The number of benzene rings is 1. The van der Waals surface area contributed by atoms with Crippen molar-refractivity contribution in [1.82, 2.24) is 5.32 Å². The number of amides is 1. The molecular formula is C15H19F3N2O. The molecule has 2 unspecified atom stereocenters. The van der Waals surface area contributed by atoms with Gasteiger partial charge in [0, 0.05) is 12.1 Å². The second-order valence-corrected chi connectivity index (χ2v) is 5.43. The molecule has 0 saturated heterocycles. The summed E-state index contributed by atoms with van der Waals surface area (Å²) in [6.07, 6.45) is -0.0854. The Bertz CT molecular complexity index is 502. The molecule has 2 rings (SSSR count). The van der Waals surface area contributed by atoms with Crippen molar-refractivity contribution in [3.05, 3.63) is 35.4 Å². The van der Waals surface area contributed by atoms with Crippen LogP contribution in [0.4, 0.5) is 13.2 Å². The van der Waals surface area contributed by atoms with Crippen molar-refractivity contribution < 1.29 is 18.0 Å². The number of halogens is 3. The van der Waals surface area contributed by atoms with Gasteiger partial charge in [0.1, 0.15) is 0 Å². The fourth-order valence-corrected chi connectivity index (χ4v) is 2.69. The molecule has 0 aliphatic heterocycles. The third-order valence-electron chi connectivity index (χ3n) is 3.86. The minimum atomic E-state index is -4.54. The van der Waals surface area contributed by atoms with E-state index in [0.29, 0.717) is 6.42 Å². The molecule has 1 aliphatic rings. The van der Waals surface area contributed by atoms with Crippen LogP contribution in [0.2, 0.25) is 0 Å². The molecule has 3 N–H and O–H groups in total. The predicted molar refractivity (Wildman–Crippen MR) is 73.8 cm³/mol. The Hall–Kier alpha value is -1.56. The van der Waals surface area contributed by atoms with Crippen LogP contribution >= 0.6 is 0 Å². The van der Waals surface area contributed by atoms with Crippen LogP contribution in [0.3, 0.4) is 0 Å². The maximum Gasteiger partial charge on any atom is 0.417 e. The molecule has 1 aliphatic carbocycles. The molecule has 0 heterocycles. The Morgan fingerprint density at radius 2 is 1.81 bits per heavy atom. The minimum Gasteiger partial charge on any atom is -0.348 e. The van der Waals surface area contributed by atoms with E-state index in [1.807, 2.05) is 0 Å². The molecule has 0 spiro atoms. The third kappa shape index (κ3) is 3.97. The second-order valence-electron chi connectivity index (χ2n) is 5.43. The molecule has 6 heteroatoms. The maximum atomic E-state index is 12.9. The first-order valence-corrected chi connectivity index (χ1v) is 7.12. The Labute approximate surface area is 121 Å². The van der Waals surface area contributed by atoms with E-state index in [-0.39, 0.29) is 17.6 Å². The first-order valence-electron chi connectivity index (χ1n) is 7.12. The lowest BCUT2D eigenvalue weighted by molar-refractivity contribution is -0.137. The topological polar surface area (TPSA) is 55.1 Å². The van der Waals surface area contributed by atoms with E-state index in [9.17, 15) is 18.0 Å². The molecule has 116 valence electrons. The molecule has 0 aromatic heterocycles. The van der Waals surface area contributed by atoms with Crippen molar-refractivity contribution >= 4 is 5.91 Å². The standard InChI is InChI=1S/C15H19F3N2O/c16-15(17,18)11-7-5-4-6-10(11)14(21)20-13-9-3-1-2-8-12(13)19/h4-7,12-13H,1-3,8-9,19H2,(H,20,21). The van der Waals surface area contributed by atoms with Gasteiger partial charge in [0.2, 0.25) is 0 Å². The van der Waals surface area contributed by atoms with Gasteiger partial charge in [-0.05, 0) is 25.0 Å². The zero-order valence-corrected chi connectivity index (χ0v) is 11.6. The summed E-state index contributed by atoms with van der Waals surface area (Å²) in [6.45, 7) is 0. The maximum absolute atomic E-state index is 12.9. The van der Waals surface area contributed by atoms with Gasteiger partial charge in [0.15, 0.2) is 0 Å². The largest absolute Gasteiger partial charge is 0.417 e. The van der Waals surface area contributed by atoms with Gasteiger partial charge in [-0.25, -0.2) is 0 Å². The first-order chi connectivity index (χ1) is 9.89. The average molecular weight is 300 g/mol. The molecule has 2 atom stereocenters. The van der Waals surface area contributed by atoms with Crippen LogP contribution in [0.5, 0.6) is 0 Å². The average Bonchev–Trinajstić information content (AvgIpc) is 2.63. The first kappa shape index (κ1) is 15.8. The van der Waals surface area contributed by atoms with Crippen molar-refractivity contribution in [2.45, 2.75) is 50.4 Å². The van der Waals surface area contributed by atoms with E-state index in [2.05, 4.69) is 5.32 Å². The van der Waals surface area contributed by atoms with E-state index < -0.39 is 17.6 Å². The van der Waals surface area contributed by atoms with Crippen LogP contribution in [0.25, 0.3) is 0 Å². The summed E-state index contributed by atoms with van der Waals surface area (Å²) < 4.78 is 38.8. The van der Waals surface area contributed by atoms with Crippen LogP contribution in [0, 0.1) is 0 Å². The highest BCUT2D eigenvalue weighted by molar-refractivity contribution is 5.96. The SMILES string of the molecule is NC1CCCCCC1NC(=O)c1ccccc1C(F)(F)F. The van der Waals surface area contributed by atoms with Gasteiger partial charge in [-0.1, -0.05) is 31.4 Å². The Balaban J connectivity index is 2.17. The summed E-state index contributed by atoms with van der Waals surface area (Å²) in [7, 11) is 0. The van der Waals surface area contributed by atoms with E-state index in [1.54, 1.807) is 0 Å². The van der Waals surface area contributed by atoms with Crippen molar-refractivity contribution in [3.8, 4) is 0 Å². The summed E-state index contributed by atoms with van der Waals surface area (Å²) in [4.78, 5) is 12.2. The number of carbonyl (C=O) groups is 1. The number of nitrogens with two attached hydrogens (primary N) is 1. The van der Waals surface area contributed by atoms with Crippen LogP contribution in [-0.4, -0.2) is 18.0 Å². The lowest BCUT2D eigenvalue weighted by Gasteiger charge is -2.23. The summed E-state index contributed by atoms with van der Waals surface area (Å²) >= 11 is 0. The molecule has 1 fully saturated rings. The van der Waals surface area contributed by atoms with Gasteiger partial charge in [-0.2, -0.15) is 13.2 Å². The normalized spacial score (nSPS) is 23.4. The van der Waals surface area contributed by atoms with Crippen molar-refractivity contribution in [2.75, 3.05) is 0 Å². The lowest BCUT2D eigenvalue weighted by atomic mass is 10.0. The Morgan fingerprint density at radius 1 is 1.14 bits per heavy atom. The highest BCUT2D eigenvalue weighted by Gasteiger charge is 2.35. The van der Waals surface area contributed by atoms with Gasteiger partial charge >= 0.3 is 6.18 Å². The van der Waals surface area contributed by atoms with Crippen LogP contribution in [0.15, 0.2) is 24.3 Å². The molecule has 1 amide bonds. The van der Waals surface area contributed by atoms with Gasteiger partial charge in [0.05, 0.1) is 11.1 Å². The molecule has 1 saturated carbocycles. The molecular weight excluding hydrogens is 281 g/mol. The Morgan fingerprint density at radius 3 is 2.52 bits per heavy atom. The predicted octanol–water partition coefficient (Wildman–Crippen LogP) is 3.10. The summed E-state index contributed by atoms with van der Waals surface area (Å²) in [6, 6.07) is 4.35. The summed E-state index contributed by atoms with van der Waals surface area (Å²) in [5.74, 6) is -0.703. The molecule has 0 radical (unpaired) electrons. The molecule has 0 bridgehead atoms. The fourth-order valence-electron chi connectivity index (χ4n) is 2.69. The molecule has 1 aromatic carbocycles. The molecule has 21 heavy (non-hydrogen) atoms. The lowest BCUT2D eigenvalue weighted by Crippen LogP contribution is -2.47. The quantitative estimate of drug-likeness (QED) is 0.825. The summed E-state index contributed by atoms with van der Waals surface area (Å²) in [5.41, 5.74) is 4.73. The van der Waals surface area contributed by atoms with Crippen LogP contribution in [-0.2, 0) is 6.18 Å². The number of rotatable bonds is 2. The fraction of sp³-hybridized carbons (Fsp3) is 0.533. The van der Waals surface area contributed by atoms with Crippen molar-refractivity contribution in [2.24, 2.45) is 5.73 Å². The van der Waals surface area contributed by atoms with Crippen LogP contribution in [0.1, 0.15) is 48.0 Å². The van der Waals surface area contributed by atoms with E-state index in [0.717, 1.165) is 31.7 Å². The minimum absolute atomic E-state index is 0.200. The Kier molecular flexibility index (Phi) is 4.88. The third-order valence-corrected chi connectivity index (χ3v) is 3.86. The second kappa shape index (κ2) is 6.47. The van der Waals surface area contributed by atoms with E-state index in [4.69, 9.17) is 5.73 Å². The zero-order valence-electron chi connectivity index (χ0n) is 11.6. The monoisotopic (exact) mass is 300 g/mol. The van der Waals surface area contributed by atoms with Crippen molar-refractivity contribution in [1.29, 1.82) is 0 Å². The number of alkyl halides is 3. The van der Waals surface area contributed by atoms with Gasteiger partial charge in [-0.3, -0.25) is 4.79 Å². The number of nitrogens with one attached hydrogen (secondary N) is 1. The van der Waals surface area contributed by atoms with Gasteiger partial charge < -0.3 is 11.1 Å². The molecule has 3 nitrogen and oxygen atoms in total. The van der Waals surface area contributed by atoms with Crippen molar-refractivity contribution in [3.63, 3.8) is 0 Å². The van der Waals surface area contributed by atoms with E-state index in [1.165, 1.54) is 18.2 Å². The van der Waals surface area contributed by atoms with Gasteiger partial charge in [-0.15, -0.1) is 0 Å². The zero-order chi connectivity index (χ0) is 15.5. The number of hydrogen-bond donors (Lipinski definition) is 2. The molecule has 1 aromatic rings. The van der Waals surface area contributed by atoms with Crippen LogP contribution < -0.4 is 11.1 Å². The highest BCUT2D eigenvalue weighted by atomic mass is 19.4.